The zero-order valence-electron chi connectivity index (χ0n) is 13.2. The summed E-state index contributed by atoms with van der Waals surface area (Å²) < 4.78 is 25.5. The van der Waals surface area contributed by atoms with Gasteiger partial charge in [0.25, 0.3) is 15.9 Å². The van der Waals surface area contributed by atoms with Crippen LogP contribution in [0.3, 0.4) is 0 Å². The fraction of sp³-hybridized carbons (Fsp3) is 0.533. The maximum atomic E-state index is 12.6. The van der Waals surface area contributed by atoms with Crippen LogP contribution >= 0.6 is 0 Å². The van der Waals surface area contributed by atoms with E-state index in [1.165, 1.54) is 25.4 Å². The van der Waals surface area contributed by atoms with Crippen molar-refractivity contribution < 1.29 is 23.1 Å². The number of nitrogens with zero attached hydrogens (tertiary/aromatic N) is 2. The molecule has 0 unspecified atom stereocenters. The Labute approximate surface area is 139 Å². The Bertz CT molecular complexity index is 777. The highest BCUT2D eigenvalue weighted by atomic mass is 32.2. The molecule has 24 heavy (non-hydrogen) atoms. The molecule has 0 radical (unpaired) electrons. The summed E-state index contributed by atoms with van der Waals surface area (Å²) in [5, 5.41) is 9.41. The first-order valence-electron chi connectivity index (χ1n) is 7.72. The molecule has 9 heteroatoms. The average Bonchev–Trinajstić information content (AvgIpc) is 3.12. The summed E-state index contributed by atoms with van der Waals surface area (Å²) in [6.45, 7) is 0.615. The number of aromatic nitrogens is 1. The van der Waals surface area contributed by atoms with Gasteiger partial charge in [-0.1, -0.05) is 6.42 Å². The van der Waals surface area contributed by atoms with Gasteiger partial charge in [0.1, 0.15) is 0 Å². The van der Waals surface area contributed by atoms with Gasteiger partial charge in [-0.25, -0.2) is 18.1 Å². The molecule has 2 atom stereocenters. The smallest absolute Gasteiger partial charge is 0.311 e. The van der Waals surface area contributed by atoms with Crippen LogP contribution in [0.25, 0.3) is 0 Å². The lowest BCUT2D eigenvalue weighted by molar-refractivity contribution is -0.149. The van der Waals surface area contributed by atoms with Crippen LogP contribution in [0.15, 0.2) is 23.4 Å². The number of pyridine rings is 1. The average molecular weight is 353 g/mol. The van der Waals surface area contributed by atoms with Gasteiger partial charge in [-0.3, -0.25) is 9.59 Å². The molecule has 0 bridgehead atoms. The van der Waals surface area contributed by atoms with Crippen molar-refractivity contribution in [2.75, 3.05) is 20.1 Å². The van der Waals surface area contributed by atoms with E-state index in [1.54, 1.807) is 4.90 Å². The van der Waals surface area contributed by atoms with E-state index in [0.717, 1.165) is 12.8 Å². The van der Waals surface area contributed by atoms with E-state index in [1.807, 2.05) is 0 Å². The van der Waals surface area contributed by atoms with Crippen LogP contribution in [0.2, 0.25) is 0 Å². The van der Waals surface area contributed by atoms with E-state index in [0.29, 0.717) is 13.0 Å². The molecule has 2 heterocycles. The molecule has 1 amide bonds. The highest BCUT2D eigenvalue weighted by Crippen LogP contribution is 2.49. The molecule has 1 aliphatic carbocycles. The number of amides is 1. The molecule has 1 aliphatic heterocycles. The van der Waals surface area contributed by atoms with E-state index >= 15 is 0 Å². The van der Waals surface area contributed by atoms with Gasteiger partial charge in [0.2, 0.25) is 0 Å². The van der Waals surface area contributed by atoms with Gasteiger partial charge in [-0.2, -0.15) is 0 Å². The molecular formula is C15H19N3O5S. The van der Waals surface area contributed by atoms with Crippen molar-refractivity contribution >= 4 is 21.9 Å². The van der Waals surface area contributed by atoms with E-state index in [-0.39, 0.29) is 29.0 Å². The van der Waals surface area contributed by atoms with E-state index in [4.69, 9.17) is 0 Å². The Morgan fingerprint density at radius 2 is 2.17 bits per heavy atom. The topological polar surface area (TPSA) is 117 Å². The fourth-order valence-electron chi connectivity index (χ4n) is 3.75. The summed E-state index contributed by atoms with van der Waals surface area (Å²) in [5.74, 6) is -1.17. The first-order chi connectivity index (χ1) is 11.3. The Morgan fingerprint density at radius 1 is 1.42 bits per heavy atom. The van der Waals surface area contributed by atoms with Crippen molar-refractivity contribution in [3.63, 3.8) is 0 Å². The first kappa shape index (κ1) is 16.8. The number of nitrogens with one attached hydrogen (secondary N) is 1. The third-order valence-corrected chi connectivity index (χ3v) is 6.44. The molecule has 3 rings (SSSR count). The number of sulfonamides is 1. The van der Waals surface area contributed by atoms with Gasteiger partial charge >= 0.3 is 5.97 Å². The van der Waals surface area contributed by atoms with Crippen LogP contribution in [-0.2, 0) is 14.8 Å². The number of hydrogen-bond donors (Lipinski definition) is 2. The highest BCUT2D eigenvalue weighted by Gasteiger charge is 2.55. The molecule has 1 saturated carbocycles. The molecule has 1 aromatic heterocycles. The lowest BCUT2D eigenvalue weighted by atomic mass is 9.81. The maximum absolute atomic E-state index is 12.6. The summed E-state index contributed by atoms with van der Waals surface area (Å²) in [6, 6.07) is 2.67. The summed E-state index contributed by atoms with van der Waals surface area (Å²) in [4.78, 5) is 29.6. The monoisotopic (exact) mass is 353 g/mol. The Balaban J connectivity index is 1.80. The van der Waals surface area contributed by atoms with Gasteiger partial charge < -0.3 is 10.0 Å². The first-order valence-corrected chi connectivity index (χ1v) is 9.21. The molecule has 130 valence electrons. The second kappa shape index (κ2) is 5.82. The van der Waals surface area contributed by atoms with Crippen LogP contribution < -0.4 is 4.72 Å². The number of hydrogen-bond acceptors (Lipinski definition) is 5. The second-order valence-corrected chi connectivity index (χ2v) is 8.16. The van der Waals surface area contributed by atoms with E-state index in [2.05, 4.69) is 9.71 Å². The van der Waals surface area contributed by atoms with Gasteiger partial charge in [0, 0.05) is 19.3 Å². The van der Waals surface area contributed by atoms with Gasteiger partial charge in [0.15, 0.2) is 5.03 Å². The zero-order valence-corrected chi connectivity index (χ0v) is 14.0. The summed E-state index contributed by atoms with van der Waals surface area (Å²) in [6.07, 6.45) is 3.49. The number of likely N-dealkylation sites (tertiary alicyclic amines) is 1. The van der Waals surface area contributed by atoms with Crippen LogP contribution in [0.4, 0.5) is 0 Å². The Morgan fingerprint density at radius 3 is 2.71 bits per heavy atom. The quantitative estimate of drug-likeness (QED) is 0.805. The molecule has 1 aromatic rings. The van der Waals surface area contributed by atoms with Crippen molar-refractivity contribution in [2.45, 2.75) is 24.3 Å². The van der Waals surface area contributed by atoms with Crippen molar-refractivity contribution in [2.24, 2.45) is 11.3 Å². The Kier molecular flexibility index (Phi) is 4.08. The van der Waals surface area contributed by atoms with E-state index < -0.39 is 21.4 Å². The number of fused-ring (bicyclic) bond motifs is 1. The number of rotatable bonds is 4. The van der Waals surface area contributed by atoms with Gasteiger partial charge in [0.05, 0.1) is 11.0 Å². The van der Waals surface area contributed by atoms with Crippen molar-refractivity contribution in [1.29, 1.82) is 0 Å². The maximum Gasteiger partial charge on any atom is 0.311 e. The lowest BCUT2D eigenvalue weighted by Gasteiger charge is -2.23. The largest absolute Gasteiger partial charge is 0.481 e. The standard InChI is InChI=1S/C15H19N3O5S/c1-16-24(22,23)12-5-4-10(7-17-12)13(19)18-8-11-3-2-6-15(11,9-18)14(20)21/h4-5,7,11,16H,2-3,6,8-9H2,1H3,(H,20,21)/t11-,15+/m0/s1. The summed E-state index contributed by atoms with van der Waals surface area (Å²) in [7, 11) is -2.37. The lowest BCUT2D eigenvalue weighted by Crippen LogP contribution is -2.37. The molecule has 0 aromatic carbocycles. The molecule has 1 saturated heterocycles. The SMILES string of the molecule is CNS(=O)(=O)c1ccc(C(=O)N2C[C@@H]3CCC[C@@]3(C(=O)O)C2)cn1. The highest BCUT2D eigenvalue weighted by molar-refractivity contribution is 7.89. The minimum atomic E-state index is -3.66. The zero-order chi connectivity index (χ0) is 17.5. The second-order valence-electron chi connectivity index (χ2n) is 6.33. The number of carboxylic acid groups (broad SMARTS) is 1. The van der Waals surface area contributed by atoms with Gasteiger partial charge in [-0.15, -0.1) is 0 Å². The molecule has 2 fully saturated rings. The number of carbonyl (C=O) groups excluding carboxylic acids is 1. The van der Waals surface area contributed by atoms with Crippen molar-refractivity contribution in [3.05, 3.63) is 23.9 Å². The third kappa shape index (κ3) is 2.57. The number of aliphatic carboxylic acids is 1. The number of carboxylic acids is 1. The van der Waals surface area contributed by atoms with Crippen LogP contribution in [0, 0.1) is 11.3 Å². The molecular weight excluding hydrogens is 334 g/mol. The Hall–Kier alpha value is -2.00. The molecule has 0 spiro atoms. The fourth-order valence-corrected chi connectivity index (χ4v) is 4.39. The molecule has 2 N–H and O–H groups in total. The molecule has 8 nitrogen and oxygen atoms in total. The predicted octanol–water partition coefficient (Wildman–Crippen LogP) is 0.317. The van der Waals surface area contributed by atoms with Crippen molar-refractivity contribution in [3.8, 4) is 0 Å². The van der Waals surface area contributed by atoms with Crippen LogP contribution in [-0.4, -0.2) is 55.4 Å². The summed E-state index contributed by atoms with van der Waals surface area (Å²) in [5.41, 5.74) is -0.580. The normalized spacial score (nSPS) is 26.4. The van der Waals surface area contributed by atoms with Gasteiger partial charge in [-0.05, 0) is 37.9 Å². The predicted molar refractivity (Wildman–Crippen MR) is 83.8 cm³/mol. The summed E-state index contributed by atoms with van der Waals surface area (Å²) >= 11 is 0. The molecule has 2 aliphatic rings. The third-order valence-electron chi connectivity index (χ3n) is 5.11. The minimum Gasteiger partial charge on any atom is -0.481 e. The van der Waals surface area contributed by atoms with Crippen LogP contribution in [0.1, 0.15) is 29.6 Å². The van der Waals surface area contributed by atoms with Crippen LogP contribution in [0.5, 0.6) is 0 Å². The van der Waals surface area contributed by atoms with Crippen molar-refractivity contribution in [1.82, 2.24) is 14.6 Å². The minimum absolute atomic E-state index is 0.0177. The number of carbonyl (C=O) groups is 2. The van der Waals surface area contributed by atoms with E-state index in [9.17, 15) is 23.1 Å².